The smallest absolute Gasteiger partial charge is 0.280 e. The molecule has 0 atom stereocenters. The van der Waals surface area contributed by atoms with Crippen LogP contribution in [0.15, 0.2) is 59.5 Å². The van der Waals surface area contributed by atoms with Gasteiger partial charge in [0, 0.05) is 16.1 Å². The molecule has 0 aliphatic rings. The Bertz CT molecular complexity index is 1300. The number of anilines is 1. The van der Waals surface area contributed by atoms with E-state index in [2.05, 4.69) is 15.6 Å². The second kappa shape index (κ2) is 9.24. The molecule has 1 heterocycles. The number of halogens is 3. The first kappa shape index (κ1) is 24.3. The lowest BCUT2D eigenvalue weighted by Crippen LogP contribution is -2.41. The monoisotopic (exact) mass is 497 g/mol. The molecule has 2 amide bonds. The molecule has 0 aliphatic heterocycles. The summed E-state index contributed by atoms with van der Waals surface area (Å²) in [5.41, 5.74) is 4.02. The summed E-state index contributed by atoms with van der Waals surface area (Å²) in [5, 5.41) is 0. The molecule has 174 valence electrons. The Hall–Kier alpha value is -3.38. The zero-order valence-electron chi connectivity index (χ0n) is 17.3. The van der Waals surface area contributed by atoms with Gasteiger partial charge in [0.05, 0.1) is 15.3 Å². The highest BCUT2D eigenvalue weighted by Gasteiger charge is 2.30. The summed E-state index contributed by atoms with van der Waals surface area (Å²) in [6.45, 7) is 3.70. The summed E-state index contributed by atoms with van der Waals surface area (Å²) < 4.78 is 65.9. The number of carbonyl (C=O) groups is 2. The highest BCUT2D eigenvalue weighted by Crippen LogP contribution is 2.31. The number of amides is 2. The molecule has 0 saturated carbocycles. The van der Waals surface area contributed by atoms with Gasteiger partial charge in [0.2, 0.25) is 0 Å². The van der Waals surface area contributed by atoms with Crippen LogP contribution in [0, 0.1) is 13.8 Å². The first-order valence-corrected chi connectivity index (χ1v) is 11.6. The number of hydrogen-bond donors (Lipinski definition) is 3. The summed E-state index contributed by atoms with van der Waals surface area (Å²) in [5.74, 6) is -1.30. The minimum atomic E-state index is -4.63. The highest BCUT2D eigenvalue weighted by atomic mass is 32.2. The molecule has 0 saturated heterocycles. The molecule has 0 fully saturated rings. The Morgan fingerprint density at radius 1 is 0.909 bits per heavy atom. The van der Waals surface area contributed by atoms with Crippen molar-refractivity contribution >= 4 is 38.9 Å². The van der Waals surface area contributed by atoms with Crippen LogP contribution in [0.4, 0.5) is 18.9 Å². The SMILES string of the molecule is Cc1cc(C(=O)NNC(=O)c2cccc(S(=O)(=O)Nc3cccc(C(F)(F)F)c3)c2)sc1C. The summed E-state index contributed by atoms with van der Waals surface area (Å²) >= 11 is 1.26. The quantitative estimate of drug-likeness (QED) is 0.458. The number of sulfonamides is 1. The van der Waals surface area contributed by atoms with Crippen molar-refractivity contribution in [2.75, 3.05) is 4.72 Å². The lowest BCUT2D eigenvalue weighted by molar-refractivity contribution is -0.137. The van der Waals surface area contributed by atoms with Crippen molar-refractivity contribution in [2.24, 2.45) is 0 Å². The van der Waals surface area contributed by atoms with Crippen LogP contribution in [0.2, 0.25) is 0 Å². The summed E-state index contributed by atoms with van der Waals surface area (Å²) in [7, 11) is -4.29. The number of carbonyl (C=O) groups excluding carboxylic acids is 2. The van der Waals surface area contributed by atoms with Crippen LogP contribution in [0.1, 0.15) is 36.0 Å². The van der Waals surface area contributed by atoms with Gasteiger partial charge in [-0.25, -0.2) is 8.42 Å². The van der Waals surface area contributed by atoms with Crippen molar-refractivity contribution in [2.45, 2.75) is 24.9 Å². The van der Waals surface area contributed by atoms with E-state index in [0.29, 0.717) is 10.9 Å². The van der Waals surface area contributed by atoms with Crippen LogP contribution in [-0.2, 0) is 16.2 Å². The zero-order valence-corrected chi connectivity index (χ0v) is 18.9. The predicted molar refractivity (Wildman–Crippen MR) is 117 cm³/mol. The van der Waals surface area contributed by atoms with E-state index < -0.39 is 33.6 Å². The Labute approximate surface area is 191 Å². The number of nitrogens with one attached hydrogen (secondary N) is 3. The van der Waals surface area contributed by atoms with Crippen molar-refractivity contribution in [3.05, 3.63) is 81.0 Å². The largest absolute Gasteiger partial charge is 0.416 e. The van der Waals surface area contributed by atoms with Crippen LogP contribution in [0.3, 0.4) is 0 Å². The van der Waals surface area contributed by atoms with Crippen molar-refractivity contribution < 1.29 is 31.2 Å². The molecule has 12 heteroatoms. The Kier molecular flexibility index (Phi) is 6.79. The van der Waals surface area contributed by atoms with E-state index in [1.807, 2.05) is 13.8 Å². The van der Waals surface area contributed by atoms with Gasteiger partial charge >= 0.3 is 6.18 Å². The third kappa shape index (κ3) is 5.90. The van der Waals surface area contributed by atoms with Gasteiger partial charge in [0.25, 0.3) is 21.8 Å². The lowest BCUT2D eigenvalue weighted by atomic mass is 10.2. The molecule has 3 aromatic rings. The highest BCUT2D eigenvalue weighted by molar-refractivity contribution is 7.92. The number of alkyl halides is 3. The van der Waals surface area contributed by atoms with Gasteiger partial charge in [-0.15, -0.1) is 11.3 Å². The van der Waals surface area contributed by atoms with Crippen molar-refractivity contribution in [1.82, 2.24) is 10.9 Å². The van der Waals surface area contributed by atoms with E-state index in [9.17, 15) is 31.2 Å². The molecule has 3 N–H and O–H groups in total. The minimum absolute atomic E-state index is 0.0826. The lowest BCUT2D eigenvalue weighted by Gasteiger charge is -2.12. The molecule has 33 heavy (non-hydrogen) atoms. The van der Waals surface area contributed by atoms with Crippen molar-refractivity contribution in [3.8, 4) is 0 Å². The zero-order chi connectivity index (χ0) is 24.4. The Morgan fingerprint density at radius 2 is 1.58 bits per heavy atom. The second-order valence-electron chi connectivity index (χ2n) is 6.97. The summed E-state index contributed by atoms with van der Waals surface area (Å²) in [6, 6.07) is 10.2. The maximum Gasteiger partial charge on any atom is 0.416 e. The van der Waals surface area contributed by atoms with E-state index in [4.69, 9.17) is 0 Å². The average Bonchev–Trinajstić information content (AvgIpc) is 3.09. The minimum Gasteiger partial charge on any atom is -0.280 e. The van der Waals surface area contributed by atoms with Gasteiger partial charge in [-0.1, -0.05) is 12.1 Å². The van der Waals surface area contributed by atoms with Crippen LogP contribution < -0.4 is 15.6 Å². The number of thiophene rings is 1. The molecule has 2 aromatic carbocycles. The molecular weight excluding hydrogens is 479 g/mol. The van der Waals surface area contributed by atoms with Gasteiger partial charge in [0.15, 0.2) is 0 Å². The van der Waals surface area contributed by atoms with Crippen LogP contribution in [-0.4, -0.2) is 20.2 Å². The topological polar surface area (TPSA) is 104 Å². The third-order valence-corrected chi connectivity index (χ3v) is 7.06. The molecule has 0 unspecified atom stereocenters. The second-order valence-corrected chi connectivity index (χ2v) is 9.91. The van der Waals surface area contributed by atoms with Crippen LogP contribution >= 0.6 is 11.3 Å². The molecule has 3 rings (SSSR count). The van der Waals surface area contributed by atoms with Crippen LogP contribution in [0.5, 0.6) is 0 Å². The van der Waals surface area contributed by atoms with E-state index in [-0.39, 0.29) is 16.1 Å². The average molecular weight is 498 g/mol. The fourth-order valence-electron chi connectivity index (χ4n) is 2.71. The molecule has 0 spiro atoms. The van der Waals surface area contributed by atoms with E-state index in [1.54, 1.807) is 6.07 Å². The first-order valence-electron chi connectivity index (χ1n) is 9.35. The Balaban J connectivity index is 1.72. The molecule has 7 nitrogen and oxygen atoms in total. The van der Waals surface area contributed by atoms with Gasteiger partial charge in [-0.05, 0) is 61.9 Å². The van der Waals surface area contributed by atoms with Crippen molar-refractivity contribution in [3.63, 3.8) is 0 Å². The number of hydrogen-bond acceptors (Lipinski definition) is 5. The fraction of sp³-hybridized carbons (Fsp3) is 0.143. The maximum atomic E-state index is 12.9. The van der Waals surface area contributed by atoms with Gasteiger partial charge in [-0.2, -0.15) is 13.2 Å². The van der Waals surface area contributed by atoms with Gasteiger partial charge in [-0.3, -0.25) is 25.2 Å². The predicted octanol–water partition coefficient (Wildman–Crippen LogP) is 4.26. The summed E-state index contributed by atoms with van der Waals surface area (Å²) in [4.78, 5) is 25.6. The molecule has 0 bridgehead atoms. The van der Waals surface area contributed by atoms with Gasteiger partial charge < -0.3 is 0 Å². The summed E-state index contributed by atoms with van der Waals surface area (Å²) in [6.07, 6.45) is -4.63. The number of rotatable bonds is 5. The standard InChI is InChI=1S/C21H18F3N3O4S2/c1-12-9-18(32-13(12)2)20(29)26-25-19(28)14-5-3-8-17(10-14)33(30,31)27-16-7-4-6-15(11-16)21(22,23)24/h3-11,27H,1-2H3,(H,25,28)(H,26,29). The number of aryl methyl sites for hydroxylation is 2. The number of hydrazine groups is 1. The van der Waals surface area contributed by atoms with E-state index in [1.165, 1.54) is 35.6 Å². The van der Waals surface area contributed by atoms with E-state index >= 15 is 0 Å². The maximum absolute atomic E-state index is 12.9. The van der Waals surface area contributed by atoms with Crippen molar-refractivity contribution in [1.29, 1.82) is 0 Å². The van der Waals surface area contributed by atoms with Crippen LogP contribution in [0.25, 0.3) is 0 Å². The van der Waals surface area contributed by atoms with Gasteiger partial charge in [0.1, 0.15) is 0 Å². The molecule has 1 aromatic heterocycles. The third-order valence-electron chi connectivity index (χ3n) is 4.53. The Morgan fingerprint density at radius 3 is 2.21 bits per heavy atom. The molecule has 0 radical (unpaired) electrons. The van der Waals surface area contributed by atoms with E-state index in [0.717, 1.165) is 28.6 Å². The number of benzene rings is 2. The molecular formula is C21H18F3N3O4S2. The normalized spacial score (nSPS) is 11.7. The first-order chi connectivity index (χ1) is 15.4. The molecule has 0 aliphatic carbocycles. The fourth-order valence-corrected chi connectivity index (χ4v) is 4.73.